The molecule has 0 saturated heterocycles. The highest BCUT2D eigenvalue weighted by Crippen LogP contribution is 2.16. The fourth-order valence-corrected chi connectivity index (χ4v) is 0.947. The highest BCUT2D eigenvalue weighted by molar-refractivity contribution is 5.61. The number of rotatable bonds is 2. The van der Waals surface area contributed by atoms with Gasteiger partial charge in [-0.1, -0.05) is 6.58 Å². The summed E-state index contributed by atoms with van der Waals surface area (Å²) in [5, 5.41) is 0. The summed E-state index contributed by atoms with van der Waals surface area (Å²) in [4.78, 5) is 9.62. The van der Waals surface area contributed by atoms with Crippen LogP contribution in [0.3, 0.4) is 0 Å². The Labute approximate surface area is 66.5 Å². The molecule has 0 aromatic rings. The second-order valence-electron chi connectivity index (χ2n) is 2.29. The average Bonchev–Trinajstić information content (AvgIpc) is 2.33. The molecular formula is C8H11N3. The molecule has 1 aliphatic rings. The maximum Gasteiger partial charge on any atom is 0.0894 e. The molecule has 0 N–H and O–H groups in total. The summed E-state index contributed by atoms with van der Waals surface area (Å²) in [6, 6.07) is 0. The van der Waals surface area contributed by atoms with Crippen LogP contribution in [-0.2, 0) is 0 Å². The number of aliphatic imine (C=N–C) groups is 2. The Morgan fingerprint density at radius 2 is 2.45 bits per heavy atom. The molecule has 0 aliphatic carbocycles. The van der Waals surface area contributed by atoms with Crippen molar-refractivity contribution >= 4 is 13.1 Å². The molecule has 0 atom stereocenters. The molecule has 0 aromatic heterocycles. The Kier molecular flexibility index (Phi) is 2.21. The van der Waals surface area contributed by atoms with E-state index in [1.807, 2.05) is 11.0 Å². The van der Waals surface area contributed by atoms with Gasteiger partial charge in [0.2, 0.25) is 0 Å². The minimum absolute atomic E-state index is 0.736. The zero-order valence-corrected chi connectivity index (χ0v) is 6.62. The molecule has 1 aliphatic heterocycles. The van der Waals surface area contributed by atoms with Gasteiger partial charge in [0.25, 0.3) is 0 Å². The van der Waals surface area contributed by atoms with E-state index in [1.165, 1.54) is 0 Å². The molecule has 58 valence electrons. The average molecular weight is 149 g/mol. The van der Waals surface area contributed by atoms with Gasteiger partial charge < -0.3 is 4.90 Å². The third kappa shape index (κ3) is 1.55. The normalized spacial score (nSPS) is 17.7. The van der Waals surface area contributed by atoms with E-state index in [-0.39, 0.29) is 0 Å². The lowest BCUT2D eigenvalue weighted by Crippen LogP contribution is -2.16. The smallest absolute Gasteiger partial charge is 0.0894 e. The van der Waals surface area contributed by atoms with Crippen LogP contribution in [0.5, 0.6) is 0 Å². The maximum absolute atomic E-state index is 3.88. The molecule has 1 rings (SSSR count). The topological polar surface area (TPSA) is 28.0 Å². The van der Waals surface area contributed by atoms with Crippen molar-refractivity contribution in [1.82, 2.24) is 4.90 Å². The van der Waals surface area contributed by atoms with Gasteiger partial charge in [0, 0.05) is 12.7 Å². The minimum atomic E-state index is 0.736. The molecule has 0 saturated carbocycles. The summed E-state index contributed by atoms with van der Waals surface area (Å²) in [6.45, 7) is 8.00. The molecule has 1 heterocycles. The van der Waals surface area contributed by atoms with Crippen molar-refractivity contribution in [3.8, 4) is 0 Å². The highest BCUT2D eigenvalue weighted by Gasteiger charge is 2.12. The number of hydrogen-bond donors (Lipinski definition) is 0. The number of hydrogen-bond acceptors (Lipinski definition) is 2. The zero-order chi connectivity index (χ0) is 8.27. The van der Waals surface area contributed by atoms with E-state index < -0.39 is 0 Å². The van der Waals surface area contributed by atoms with Crippen molar-refractivity contribution in [2.75, 3.05) is 13.6 Å². The van der Waals surface area contributed by atoms with Gasteiger partial charge in [0.15, 0.2) is 0 Å². The van der Waals surface area contributed by atoms with E-state index in [2.05, 4.69) is 23.3 Å². The lowest BCUT2D eigenvalue weighted by molar-refractivity contribution is 0.620. The third-order valence-electron chi connectivity index (χ3n) is 1.49. The SMILES string of the molecule is C=NC1=CC(=C)N(C=NC)C1. The van der Waals surface area contributed by atoms with Gasteiger partial charge in [-0.2, -0.15) is 0 Å². The molecule has 0 bridgehead atoms. The predicted molar refractivity (Wildman–Crippen MR) is 47.9 cm³/mol. The van der Waals surface area contributed by atoms with Crippen molar-refractivity contribution in [2.24, 2.45) is 9.98 Å². The molecule has 0 unspecified atom stereocenters. The van der Waals surface area contributed by atoms with Crippen molar-refractivity contribution in [2.45, 2.75) is 0 Å². The first-order valence-electron chi connectivity index (χ1n) is 3.33. The summed E-state index contributed by atoms with van der Waals surface area (Å²) in [5.41, 5.74) is 1.85. The summed E-state index contributed by atoms with van der Waals surface area (Å²) in [5.74, 6) is 0. The first-order valence-corrected chi connectivity index (χ1v) is 3.33. The van der Waals surface area contributed by atoms with E-state index in [0.717, 1.165) is 17.9 Å². The second-order valence-corrected chi connectivity index (χ2v) is 2.29. The van der Waals surface area contributed by atoms with Gasteiger partial charge in [0.05, 0.1) is 18.6 Å². The minimum Gasteiger partial charge on any atom is -0.327 e. The summed E-state index contributed by atoms with van der Waals surface area (Å²) >= 11 is 0. The van der Waals surface area contributed by atoms with Crippen LogP contribution in [0, 0.1) is 0 Å². The molecule has 0 fully saturated rings. The second kappa shape index (κ2) is 3.14. The van der Waals surface area contributed by atoms with Gasteiger partial charge in [0.1, 0.15) is 0 Å². The van der Waals surface area contributed by atoms with E-state index in [4.69, 9.17) is 0 Å². The van der Waals surface area contributed by atoms with Crippen LogP contribution in [-0.4, -0.2) is 31.5 Å². The molecule has 0 aromatic carbocycles. The molecule has 11 heavy (non-hydrogen) atoms. The molecule has 0 radical (unpaired) electrons. The van der Waals surface area contributed by atoms with Gasteiger partial charge in [-0.3, -0.25) is 9.98 Å². The van der Waals surface area contributed by atoms with E-state index in [1.54, 1.807) is 13.4 Å². The van der Waals surface area contributed by atoms with Crippen LogP contribution in [0.4, 0.5) is 0 Å². The van der Waals surface area contributed by atoms with E-state index in [0.29, 0.717) is 0 Å². The summed E-state index contributed by atoms with van der Waals surface area (Å²) in [6.07, 6.45) is 3.63. The van der Waals surface area contributed by atoms with Crippen LogP contribution in [0.2, 0.25) is 0 Å². The maximum atomic E-state index is 3.88. The van der Waals surface area contributed by atoms with Crippen molar-refractivity contribution in [3.05, 3.63) is 24.0 Å². The van der Waals surface area contributed by atoms with Crippen LogP contribution >= 0.6 is 0 Å². The quantitative estimate of drug-likeness (QED) is 0.426. The Morgan fingerprint density at radius 3 is 2.91 bits per heavy atom. The Bertz CT molecular complexity index is 238. The van der Waals surface area contributed by atoms with Crippen molar-refractivity contribution in [1.29, 1.82) is 0 Å². The van der Waals surface area contributed by atoms with Crippen LogP contribution in [0.1, 0.15) is 0 Å². The van der Waals surface area contributed by atoms with E-state index in [9.17, 15) is 0 Å². The molecule has 0 spiro atoms. The number of nitrogens with zero attached hydrogens (tertiary/aromatic N) is 3. The zero-order valence-electron chi connectivity index (χ0n) is 6.62. The molecule has 3 nitrogen and oxygen atoms in total. The van der Waals surface area contributed by atoms with Gasteiger partial charge in [-0.25, -0.2) is 0 Å². The Balaban J connectivity index is 2.69. The van der Waals surface area contributed by atoms with E-state index >= 15 is 0 Å². The highest BCUT2D eigenvalue weighted by atomic mass is 15.2. The molecule has 3 heteroatoms. The number of allylic oxidation sites excluding steroid dienone is 1. The van der Waals surface area contributed by atoms with Gasteiger partial charge in [-0.05, 0) is 12.8 Å². The van der Waals surface area contributed by atoms with Crippen molar-refractivity contribution in [3.63, 3.8) is 0 Å². The lowest BCUT2D eigenvalue weighted by Gasteiger charge is -2.10. The first kappa shape index (κ1) is 7.72. The monoisotopic (exact) mass is 149 g/mol. The fraction of sp³-hybridized carbons (Fsp3) is 0.250. The standard InChI is InChI=1S/C8H11N3/c1-7-4-8(10-3)5-11(7)6-9-2/h4,6H,1,3,5H2,2H3. The fourth-order valence-electron chi connectivity index (χ4n) is 0.947. The Morgan fingerprint density at radius 1 is 1.73 bits per heavy atom. The largest absolute Gasteiger partial charge is 0.327 e. The van der Waals surface area contributed by atoms with Gasteiger partial charge >= 0.3 is 0 Å². The van der Waals surface area contributed by atoms with Crippen LogP contribution in [0.15, 0.2) is 34.0 Å². The van der Waals surface area contributed by atoms with Crippen molar-refractivity contribution < 1.29 is 0 Å². The molecule has 0 amide bonds. The van der Waals surface area contributed by atoms with Crippen LogP contribution < -0.4 is 0 Å². The summed E-state index contributed by atoms with van der Waals surface area (Å²) in [7, 11) is 1.73. The lowest BCUT2D eigenvalue weighted by atomic mass is 10.4. The van der Waals surface area contributed by atoms with Gasteiger partial charge in [-0.15, -0.1) is 0 Å². The molecular weight excluding hydrogens is 138 g/mol. The summed E-state index contributed by atoms with van der Waals surface area (Å²) < 4.78 is 0. The third-order valence-corrected chi connectivity index (χ3v) is 1.49. The van der Waals surface area contributed by atoms with Crippen LogP contribution in [0.25, 0.3) is 0 Å². The Hall–Kier alpha value is -1.38. The predicted octanol–water partition coefficient (Wildman–Crippen LogP) is 1.06. The first-order chi connectivity index (χ1) is 5.27.